The van der Waals surface area contributed by atoms with Crippen LogP contribution < -0.4 is 0 Å². The second-order valence-electron chi connectivity index (χ2n) is 5.80. The monoisotopic (exact) mass is 332 g/mol. The van der Waals surface area contributed by atoms with E-state index in [-0.39, 0.29) is 5.60 Å². The molecule has 0 aliphatic carbocycles. The second-order valence-corrected chi connectivity index (χ2v) is 6.58. The van der Waals surface area contributed by atoms with Crippen molar-refractivity contribution in [1.82, 2.24) is 0 Å². The molecule has 1 nitrogen and oxygen atoms in total. The Morgan fingerprint density at radius 1 is 0.773 bits per heavy atom. The first-order chi connectivity index (χ1) is 10.8. The molecular formula is C19H25ClOSi. The number of aryl methyl sites for hydroxylation is 2. The Morgan fingerprint density at radius 3 is 1.59 bits per heavy atom. The summed E-state index contributed by atoms with van der Waals surface area (Å²) < 4.78 is 6.08. The molecule has 0 fully saturated rings. The van der Waals surface area contributed by atoms with Crippen LogP contribution in [0.15, 0.2) is 60.7 Å². The van der Waals surface area contributed by atoms with Gasteiger partial charge >= 0.3 is 0 Å². The van der Waals surface area contributed by atoms with Gasteiger partial charge in [0.25, 0.3) is 0 Å². The van der Waals surface area contributed by atoms with E-state index in [1.807, 2.05) is 0 Å². The third-order valence-corrected chi connectivity index (χ3v) is 5.46. The first kappa shape index (κ1) is 17.3. The molecule has 0 heterocycles. The highest BCUT2D eigenvalue weighted by Crippen LogP contribution is 2.28. The number of rotatable bonds is 9. The van der Waals surface area contributed by atoms with Crippen molar-refractivity contribution in [1.29, 1.82) is 0 Å². The molecule has 0 spiro atoms. The zero-order valence-corrected chi connectivity index (χ0v) is 16.1. The summed E-state index contributed by atoms with van der Waals surface area (Å²) >= 11 is 6.06. The average molecular weight is 333 g/mol. The van der Waals surface area contributed by atoms with Gasteiger partial charge in [0.1, 0.15) is 10.5 Å². The normalized spacial score (nSPS) is 11.7. The molecule has 2 aromatic rings. The summed E-state index contributed by atoms with van der Waals surface area (Å²) in [7, 11) is 0.755. The van der Waals surface area contributed by atoms with Crippen molar-refractivity contribution >= 4 is 22.1 Å². The van der Waals surface area contributed by atoms with E-state index < -0.39 is 0 Å². The molecule has 22 heavy (non-hydrogen) atoms. The molecule has 2 aromatic carbocycles. The Bertz CT molecular complexity index is 486. The lowest BCUT2D eigenvalue weighted by Crippen LogP contribution is -2.34. The standard InChI is InChI=1S/C19H25ClOSi/c20-16-15-19(21-22,13-11-17-7-3-1-4-8-17)14-12-18-9-5-2-6-10-18/h1-10H,11-16H2,22H3. The highest BCUT2D eigenvalue weighted by Gasteiger charge is 2.28. The summed E-state index contributed by atoms with van der Waals surface area (Å²) in [4.78, 5) is 0. The third kappa shape index (κ3) is 5.27. The Kier molecular flexibility index (Phi) is 7.17. The van der Waals surface area contributed by atoms with Crippen molar-refractivity contribution in [2.75, 3.05) is 5.88 Å². The molecule has 0 radical (unpaired) electrons. The van der Waals surface area contributed by atoms with E-state index in [0.29, 0.717) is 5.88 Å². The number of alkyl halides is 1. The molecule has 0 N–H and O–H groups in total. The van der Waals surface area contributed by atoms with Gasteiger partial charge in [-0.1, -0.05) is 60.7 Å². The van der Waals surface area contributed by atoms with Crippen LogP contribution in [-0.2, 0) is 17.3 Å². The maximum absolute atomic E-state index is 6.08. The van der Waals surface area contributed by atoms with Gasteiger partial charge in [-0.2, -0.15) is 0 Å². The first-order valence-corrected chi connectivity index (χ1v) is 9.32. The quantitative estimate of drug-likeness (QED) is 0.499. The molecule has 0 amide bonds. The molecule has 2 rings (SSSR count). The Balaban J connectivity index is 1.99. The minimum atomic E-state index is -0.0698. The van der Waals surface area contributed by atoms with E-state index in [0.717, 1.165) is 42.6 Å². The van der Waals surface area contributed by atoms with Gasteiger partial charge in [-0.05, 0) is 43.2 Å². The van der Waals surface area contributed by atoms with Crippen LogP contribution in [0.1, 0.15) is 30.4 Å². The van der Waals surface area contributed by atoms with Gasteiger partial charge in [0.05, 0.1) is 5.60 Å². The largest absolute Gasteiger partial charge is 0.422 e. The molecule has 0 aliphatic rings. The van der Waals surface area contributed by atoms with E-state index >= 15 is 0 Å². The average Bonchev–Trinajstić information content (AvgIpc) is 2.59. The van der Waals surface area contributed by atoms with Crippen molar-refractivity contribution in [3.8, 4) is 0 Å². The van der Waals surface area contributed by atoms with Gasteiger partial charge in [0.15, 0.2) is 0 Å². The minimum Gasteiger partial charge on any atom is -0.422 e. The third-order valence-electron chi connectivity index (χ3n) is 4.41. The van der Waals surface area contributed by atoms with Crippen LogP contribution in [0.25, 0.3) is 0 Å². The van der Waals surface area contributed by atoms with Crippen LogP contribution in [0.3, 0.4) is 0 Å². The summed E-state index contributed by atoms with van der Waals surface area (Å²) in [6.07, 6.45) is 5.11. The molecule has 0 aliphatic heterocycles. The smallest absolute Gasteiger partial charge is 0.146 e. The predicted octanol–water partition coefficient (Wildman–Crippen LogP) is 3.92. The Morgan fingerprint density at radius 2 is 1.23 bits per heavy atom. The van der Waals surface area contributed by atoms with Crippen molar-refractivity contribution in [3.63, 3.8) is 0 Å². The van der Waals surface area contributed by atoms with Crippen LogP contribution in [0.5, 0.6) is 0 Å². The minimum absolute atomic E-state index is 0.0698. The molecule has 0 atom stereocenters. The Labute approximate surface area is 142 Å². The molecule has 0 aromatic heterocycles. The van der Waals surface area contributed by atoms with Gasteiger partial charge in [0.2, 0.25) is 0 Å². The number of halogens is 1. The fourth-order valence-electron chi connectivity index (χ4n) is 2.89. The molecule has 3 heteroatoms. The van der Waals surface area contributed by atoms with Gasteiger partial charge in [-0.15, -0.1) is 11.6 Å². The summed E-state index contributed by atoms with van der Waals surface area (Å²) in [5, 5.41) is 0. The van der Waals surface area contributed by atoms with Crippen molar-refractivity contribution in [2.45, 2.75) is 37.7 Å². The Hall–Kier alpha value is -1.09. The zero-order valence-electron chi connectivity index (χ0n) is 13.3. The lowest BCUT2D eigenvalue weighted by Gasteiger charge is -2.33. The molecule has 0 unspecified atom stereocenters. The predicted molar refractivity (Wildman–Crippen MR) is 98.6 cm³/mol. The van der Waals surface area contributed by atoms with E-state index in [9.17, 15) is 0 Å². The summed E-state index contributed by atoms with van der Waals surface area (Å²) in [6.45, 7) is 0. The highest BCUT2D eigenvalue weighted by molar-refractivity contribution is 6.17. The van der Waals surface area contributed by atoms with E-state index in [1.54, 1.807) is 0 Å². The van der Waals surface area contributed by atoms with Crippen molar-refractivity contribution < 1.29 is 4.43 Å². The highest BCUT2D eigenvalue weighted by atomic mass is 35.5. The number of benzene rings is 2. The van der Waals surface area contributed by atoms with Crippen LogP contribution in [-0.4, -0.2) is 22.0 Å². The summed E-state index contributed by atoms with van der Waals surface area (Å²) in [5.74, 6) is 0.659. The fourth-order valence-corrected chi connectivity index (χ4v) is 3.84. The van der Waals surface area contributed by atoms with Crippen molar-refractivity contribution in [2.24, 2.45) is 0 Å². The van der Waals surface area contributed by atoms with Crippen molar-refractivity contribution in [3.05, 3.63) is 71.8 Å². The SMILES string of the molecule is [SiH3]OC(CCCl)(CCc1ccccc1)CCc1ccccc1. The maximum atomic E-state index is 6.08. The summed E-state index contributed by atoms with van der Waals surface area (Å²) in [5.41, 5.74) is 2.68. The molecular weight excluding hydrogens is 308 g/mol. The molecule has 0 bridgehead atoms. The number of hydrogen-bond donors (Lipinski definition) is 0. The van der Waals surface area contributed by atoms with E-state index in [1.165, 1.54) is 11.1 Å². The van der Waals surface area contributed by atoms with Crippen LogP contribution in [0, 0.1) is 0 Å². The maximum Gasteiger partial charge on any atom is 0.146 e. The fraction of sp³-hybridized carbons (Fsp3) is 0.368. The molecule has 0 saturated carbocycles. The van der Waals surface area contributed by atoms with Gasteiger partial charge < -0.3 is 4.43 Å². The van der Waals surface area contributed by atoms with Crippen LogP contribution in [0.2, 0.25) is 0 Å². The first-order valence-electron chi connectivity index (χ1n) is 7.97. The van der Waals surface area contributed by atoms with Crippen LogP contribution in [0.4, 0.5) is 0 Å². The lowest BCUT2D eigenvalue weighted by molar-refractivity contribution is 0.0575. The molecule has 0 saturated heterocycles. The van der Waals surface area contributed by atoms with Crippen LogP contribution >= 0.6 is 11.6 Å². The second kappa shape index (κ2) is 9.14. The van der Waals surface area contributed by atoms with E-state index in [2.05, 4.69) is 60.7 Å². The molecule has 118 valence electrons. The van der Waals surface area contributed by atoms with Gasteiger partial charge in [0, 0.05) is 5.88 Å². The van der Waals surface area contributed by atoms with E-state index in [4.69, 9.17) is 16.0 Å². The van der Waals surface area contributed by atoms with Gasteiger partial charge in [-0.25, -0.2) is 0 Å². The topological polar surface area (TPSA) is 9.23 Å². The summed E-state index contributed by atoms with van der Waals surface area (Å²) in [6, 6.07) is 21.3. The van der Waals surface area contributed by atoms with Gasteiger partial charge in [-0.3, -0.25) is 0 Å². The lowest BCUT2D eigenvalue weighted by atomic mass is 9.86. The number of hydrogen-bond acceptors (Lipinski definition) is 1. The zero-order chi connectivity index (χ0) is 15.7.